The fourth-order valence-electron chi connectivity index (χ4n) is 0.342. The Morgan fingerprint density at radius 1 is 1.67 bits per heavy atom. The Balaban J connectivity index is 2.97. The zero-order valence-electron chi connectivity index (χ0n) is 5.55. The molecular formula is C6H11O3. The van der Waals surface area contributed by atoms with Crippen LogP contribution in [0.2, 0.25) is 0 Å². The highest BCUT2D eigenvalue weighted by Crippen LogP contribution is 1.89. The van der Waals surface area contributed by atoms with Crippen LogP contribution in [0.25, 0.3) is 0 Å². The van der Waals surface area contributed by atoms with E-state index in [-0.39, 0.29) is 0 Å². The number of unbranched alkanes of at least 4 members (excludes halogenated alkanes) is 1. The Labute approximate surface area is 55.0 Å². The number of ether oxygens (including phenoxy) is 2. The van der Waals surface area contributed by atoms with Crippen molar-refractivity contribution >= 4 is 6.16 Å². The fourth-order valence-corrected chi connectivity index (χ4v) is 0.342. The van der Waals surface area contributed by atoms with Gasteiger partial charge in [0.15, 0.2) is 0 Å². The summed E-state index contributed by atoms with van der Waals surface area (Å²) in [4.78, 5) is 10.2. The molecule has 0 rings (SSSR count). The van der Waals surface area contributed by atoms with Crippen LogP contribution in [0, 0.1) is 7.11 Å². The molecule has 0 aliphatic rings. The third kappa shape index (κ3) is 5.14. The summed E-state index contributed by atoms with van der Waals surface area (Å²) in [6.07, 6.45) is 1.17. The van der Waals surface area contributed by atoms with Gasteiger partial charge in [-0.25, -0.2) is 4.79 Å². The predicted molar refractivity (Wildman–Crippen MR) is 32.7 cm³/mol. The third-order valence-corrected chi connectivity index (χ3v) is 0.836. The molecule has 9 heavy (non-hydrogen) atoms. The largest absolute Gasteiger partial charge is 0.508 e. The second-order valence-corrected chi connectivity index (χ2v) is 1.60. The maximum absolute atomic E-state index is 10.2. The van der Waals surface area contributed by atoms with Crippen LogP contribution in [0.4, 0.5) is 4.79 Å². The van der Waals surface area contributed by atoms with Gasteiger partial charge in [0.05, 0.1) is 6.61 Å². The molecule has 1 radical (unpaired) electrons. The molecule has 0 heterocycles. The summed E-state index contributed by atoms with van der Waals surface area (Å²) in [6.45, 7) is 2.43. The van der Waals surface area contributed by atoms with Gasteiger partial charge in [-0.15, -0.1) is 0 Å². The van der Waals surface area contributed by atoms with Crippen LogP contribution in [0.15, 0.2) is 0 Å². The van der Waals surface area contributed by atoms with Crippen LogP contribution in [-0.4, -0.2) is 12.8 Å². The van der Waals surface area contributed by atoms with Gasteiger partial charge in [0.25, 0.3) is 0 Å². The second-order valence-electron chi connectivity index (χ2n) is 1.60. The molecule has 0 amide bonds. The molecule has 0 bridgehead atoms. The molecule has 3 nitrogen and oxygen atoms in total. The minimum atomic E-state index is -0.705. The van der Waals surface area contributed by atoms with Gasteiger partial charge in [0.1, 0.15) is 7.11 Å². The lowest BCUT2D eigenvalue weighted by molar-refractivity contribution is 0.0819. The van der Waals surface area contributed by atoms with Crippen molar-refractivity contribution in [2.75, 3.05) is 6.61 Å². The van der Waals surface area contributed by atoms with E-state index in [4.69, 9.17) is 0 Å². The Bertz CT molecular complexity index is 80.4. The van der Waals surface area contributed by atoms with E-state index in [2.05, 4.69) is 16.6 Å². The second kappa shape index (κ2) is 5.41. The molecule has 0 atom stereocenters. The summed E-state index contributed by atoms with van der Waals surface area (Å²) >= 11 is 0. The van der Waals surface area contributed by atoms with E-state index in [0.717, 1.165) is 12.8 Å². The molecule has 53 valence electrons. The van der Waals surface area contributed by atoms with Crippen LogP contribution in [0.1, 0.15) is 19.8 Å². The van der Waals surface area contributed by atoms with Gasteiger partial charge in [0, 0.05) is 0 Å². The lowest BCUT2D eigenvalue weighted by Gasteiger charge is -1.99. The van der Waals surface area contributed by atoms with E-state index in [1.165, 1.54) is 0 Å². The minimum absolute atomic E-state index is 0.421. The third-order valence-electron chi connectivity index (χ3n) is 0.836. The molecule has 0 aliphatic carbocycles. The average Bonchev–Trinajstić information content (AvgIpc) is 1.89. The van der Waals surface area contributed by atoms with Crippen LogP contribution >= 0.6 is 0 Å². The van der Waals surface area contributed by atoms with Gasteiger partial charge in [0.2, 0.25) is 0 Å². The average molecular weight is 131 g/mol. The molecule has 0 unspecified atom stereocenters. The van der Waals surface area contributed by atoms with E-state index in [1.807, 2.05) is 6.92 Å². The normalized spacial score (nSPS) is 8.67. The zero-order chi connectivity index (χ0) is 7.11. The standard InChI is InChI=1S/C6H11O3/c1-3-4-5-9-6(7)8-2/h2-5H2,1H3. The van der Waals surface area contributed by atoms with Crippen molar-refractivity contribution in [1.82, 2.24) is 0 Å². The molecule has 0 saturated carbocycles. The Hall–Kier alpha value is -0.730. The molecule has 0 aromatic heterocycles. The molecule has 0 saturated heterocycles. The smallest absolute Gasteiger partial charge is 0.434 e. The molecule has 0 fully saturated rings. The fraction of sp³-hybridized carbons (Fsp3) is 0.667. The van der Waals surface area contributed by atoms with Crippen LogP contribution in [-0.2, 0) is 9.47 Å². The van der Waals surface area contributed by atoms with Crippen molar-refractivity contribution in [2.24, 2.45) is 0 Å². The first-order chi connectivity index (χ1) is 4.31. The minimum Gasteiger partial charge on any atom is -0.434 e. The topological polar surface area (TPSA) is 35.5 Å². The molecule has 0 spiro atoms. The number of hydrogen-bond donors (Lipinski definition) is 0. The van der Waals surface area contributed by atoms with Crippen molar-refractivity contribution in [3.8, 4) is 0 Å². The first kappa shape index (κ1) is 8.27. The Kier molecular flexibility index (Phi) is 4.97. The monoisotopic (exact) mass is 131 g/mol. The van der Waals surface area contributed by atoms with E-state index >= 15 is 0 Å². The van der Waals surface area contributed by atoms with Gasteiger partial charge in [-0.2, -0.15) is 0 Å². The lowest BCUT2D eigenvalue weighted by Crippen LogP contribution is -2.03. The SMILES string of the molecule is [CH2]OC(=O)OCCCC. The Morgan fingerprint density at radius 3 is 2.78 bits per heavy atom. The van der Waals surface area contributed by atoms with E-state index in [9.17, 15) is 4.79 Å². The van der Waals surface area contributed by atoms with Gasteiger partial charge in [-0.1, -0.05) is 13.3 Å². The highest BCUT2D eigenvalue weighted by Gasteiger charge is 1.96. The number of carbonyl (C=O) groups excluding carboxylic acids is 1. The molecule has 3 heteroatoms. The van der Waals surface area contributed by atoms with Crippen LogP contribution in [0.3, 0.4) is 0 Å². The highest BCUT2D eigenvalue weighted by atomic mass is 16.7. The first-order valence-electron chi connectivity index (χ1n) is 2.90. The van der Waals surface area contributed by atoms with Crippen molar-refractivity contribution in [2.45, 2.75) is 19.8 Å². The summed E-state index contributed by atoms with van der Waals surface area (Å²) < 4.78 is 8.49. The van der Waals surface area contributed by atoms with E-state index in [1.54, 1.807) is 0 Å². The highest BCUT2D eigenvalue weighted by molar-refractivity contribution is 5.59. The molecule has 0 aromatic carbocycles. The van der Waals surface area contributed by atoms with Crippen molar-refractivity contribution in [1.29, 1.82) is 0 Å². The van der Waals surface area contributed by atoms with Gasteiger partial charge >= 0.3 is 6.16 Å². The van der Waals surface area contributed by atoms with E-state index < -0.39 is 6.16 Å². The summed E-state index contributed by atoms with van der Waals surface area (Å²) in [7, 11) is 2.89. The van der Waals surface area contributed by atoms with Gasteiger partial charge in [-0.05, 0) is 6.42 Å². The zero-order valence-corrected chi connectivity index (χ0v) is 5.55. The first-order valence-corrected chi connectivity index (χ1v) is 2.90. The van der Waals surface area contributed by atoms with Gasteiger partial charge < -0.3 is 9.47 Å². The summed E-state index contributed by atoms with van der Waals surface area (Å²) in [5, 5.41) is 0. The molecular weight excluding hydrogens is 120 g/mol. The number of rotatable bonds is 3. The predicted octanol–water partition coefficient (Wildman–Crippen LogP) is 1.73. The maximum atomic E-state index is 10.2. The summed E-state index contributed by atoms with van der Waals surface area (Å²) in [5.74, 6) is 0. The molecule has 0 aromatic rings. The van der Waals surface area contributed by atoms with Crippen molar-refractivity contribution in [3.63, 3.8) is 0 Å². The van der Waals surface area contributed by atoms with Crippen LogP contribution < -0.4 is 0 Å². The molecule has 0 N–H and O–H groups in total. The van der Waals surface area contributed by atoms with E-state index in [0.29, 0.717) is 6.61 Å². The Morgan fingerprint density at radius 2 is 2.33 bits per heavy atom. The quantitative estimate of drug-likeness (QED) is 0.432. The van der Waals surface area contributed by atoms with Gasteiger partial charge in [-0.3, -0.25) is 0 Å². The molecule has 0 aliphatic heterocycles. The van der Waals surface area contributed by atoms with Crippen molar-refractivity contribution < 1.29 is 14.3 Å². The summed E-state index contributed by atoms with van der Waals surface area (Å²) in [6, 6.07) is 0. The number of carbonyl (C=O) groups is 1. The number of hydrogen-bond acceptors (Lipinski definition) is 3. The summed E-state index contributed by atoms with van der Waals surface area (Å²) in [5.41, 5.74) is 0. The lowest BCUT2D eigenvalue weighted by atomic mass is 10.4. The maximum Gasteiger partial charge on any atom is 0.508 e. The van der Waals surface area contributed by atoms with Crippen molar-refractivity contribution in [3.05, 3.63) is 7.11 Å². The van der Waals surface area contributed by atoms with Crippen LogP contribution in [0.5, 0.6) is 0 Å².